The van der Waals surface area contributed by atoms with Gasteiger partial charge in [0.2, 0.25) is 0 Å². The second kappa shape index (κ2) is 5.94. The van der Waals surface area contributed by atoms with E-state index in [4.69, 9.17) is 0 Å². The maximum absolute atomic E-state index is 15.6. The van der Waals surface area contributed by atoms with Crippen molar-refractivity contribution in [1.82, 2.24) is 5.09 Å². The van der Waals surface area contributed by atoms with E-state index >= 15 is 4.11 Å². The monoisotopic (exact) mass is 288 g/mol. The lowest BCUT2D eigenvalue weighted by molar-refractivity contribution is 0.485. The van der Waals surface area contributed by atoms with Gasteiger partial charge in [-0.15, -0.1) is 0 Å². The highest BCUT2D eigenvalue weighted by Crippen LogP contribution is 2.50. The highest BCUT2D eigenvalue weighted by molar-refractivity contribution is 6.76. The molecular weight excluding hydrogens is 255 g/mol. The van der Waals surface area contributed by atoms with Crippen molar-refractivity contribution in [3.8, 4) is 0 Å². The smallest absolute Gasteiger partial charge is 0.307 e. The average molecular weight is 289 g/mol. The topological polar surface area (TPSA) is 24.4 Å². The Hall–Kier alpha value is -0.383. The Kier molecular flexibility index (Phi) is 5.82. The van der Waals surface area contributed by atoms with Gasteiger partial charge >= 0.3 is 8.57 Å². The third kappa shape index (κ3) is 4.30. The molecule has 0 atom stereocenters. The van der Waals surface area contributed by atoms with Gasteiger partial charge in [-0.3, -0.25) is 4.11 Å². The number of hydrogen-bond acceptors (Lipinski definition) is 2. The molecule has 0 rings (SSSR count). The lowest BCUT2D eigenvalue weighted by atomic mass is 9.98. The zero-order valence-electron chi connectivity index (χ0n) is 14.5. The van der Waals surface area contributed by atoms with Crippen molar-refractivity contribution in [3.63, 3.8) is 0 Å². The molecule has 2 nitrogen and oxygen atoms in total. The number of hydrogen-bond donors (Lipinski definition) is 1. The summed E-state index contributed by atoms with van der Waals surface area (Å²) in [4.78, 5) is 0. The lowest BCUT2D eigenvalue weighted by Gasteiger charge is -2.43. The van der Waals surface area contributed by atoms with Gasteiger partial charge in [-0.1, -0.05) is 69.2 Å². The molecule has 19 heavy (non-hydrogen) atoms. The fraction of sp³-hybridized carbons (Fsp3) is 0.933. The Labute approximate surface area is 120 Å². The van der Waals surface area contributed by atoms with Crippen molar-refractivity contribution in [2.24, 2.45) is 16.9 Å². The summed E-state index contributed by atoms with van der Waals surface area (Å²) in [7, 11) is -3.24. The van der Waals surface area contributed by atoms with E-state index in [1.54, 1.807) is 0 Å². The van der Waals surface area contributed by atoms with Crippen LogP contribution < -0.4 is 5.09 Å². The maximum atomic E-state index is 15.6. The van der Waals surface area contributed by atoms with Gasteiger partial charge in [0.1, 0.15) is 0 Å². The quantitative estimate of drug-likeness (QED) is 0.325. The van der Waals surface area contributed by atoms with Crippen LogP contribution in [-0.2, 0) is 0 Å². The highest BCUT2D eigenvalue weighted by Gasteiger charge is 2.56. The van der Waals surface area contributed by atoms with Crippen molar-refractivity contribution in [1.29, 1.82) is 0 Å². The van der Waals surface area contributed by atoms with E-state index in [1.165, 1.54) is 0 Å². The fourth-order valence-corrected chi connectivity index (χ4v) is 5.73. The first kappa shape index (κ1) is 18.6. The van der Waals surface area contributed by atoms with Gasteiger partial charge in [-0.25, -0.2) is 0 Å². The maximum Gasteiger partial charge on any atom is 0.372 e. The Bertz CT molecular complexity index is 298. The molecule has 0 radical (unpaired) electrons. The molecule has 0 aliphatic carbocycles. The van der Waals surface area contributed by atoms with Crippen LogP contribution in [-0.4, -0.2) is 14.3 Å². The Morgan fingerprint density at radius 2 is 1.21 bits per heavy atom. The predicted octanol–water partition coefficient (Wildman–Crippen LogP) is 5.26. The van der Waals surface area contributed by atoms with Crippen LogP contribution in [0.5, 0.6) is 0 Å². The van der Waals surface area contributed by atoms with E-state index in [2.05, 4.69) is 37.9 Å². The fourth-order valence-electron chi connectivity index (χ4n) is 2.53. The molecule has 4 heteroatoms. The molecule has 0 fully saturated rings. The molecule has 0 aliphatic rings. The van der Waals surface area contributed by atoms with E-state index in [9.17, 15) is 0 Å². The first-order valence-corrected chi connectivity index (χ1v) is 9.15. The molecule has 0 bridgehead atoms. The summed E-state index contributed by atoms with van der Waals surface area (Å²) >= 11 is 0. The minimum Gasteiger partial charge on any atom is -0.307 e. The van der Waals surface area contributed by atoms with E-state index in [1.807, 2.05) is 41.5 Å². The molecule has 0 saturated heterocycles. The van der Waals surface area contributed by atoms with Gasteiger partial charge < -0.3 is 5.09 Å². The van der Waals surface area contributed by atoms with E-state index in [0.29, 0.717) is 11.8 Å². The van der Waals surface area contributed by atoms with Crippen molar-refractivity contribution in [3.05, 3.63) is 0 Å². The standard InChI is InChI=1S/C15H33FN2Si/c1-11(2)13(12(3)4)17-18-19(16,14(5,6)7)15(8,9)10/h11-12,18H,1-10H3. The molecule has 0 aliphatic heterocycles. The van der Waals surface area contributed by atoms with Crippen LogP contribution in [0, 0.1) is 11.8 Å². The van der Waals surface area contributed by atoms with Crippen molar-refractivity contribution < 1.29 is 4.11 Å². The van der Waals surface area contributed by atoms with E-state index in [0.717, 1.165) is 5.71 Å². The van der Waals surface area contributed by atoms with Crippen LogP contribution in [0.1, 0.15) is 69.2 Å². The van der Waals surface area contributed by atoms with Crippen LogP contribution >= 0.6 is 0 Å². The average Bonchev–Trinajstić information content (AvgIpc) is 2.12. The second-order valence-corrected chi connectivity index (χ2v) is 12.7. The normalized spacial score (nSPS) is 13.9. The SMILES string of the molecule is CC(C)C(=NN[Si](F)(C(C)(C)C)C(C)(C)C)C(C)C. The first-order chi connectivity index (χ1) is 8.24. The largest absolute Gasteiger partial charge is 0.372 e. The zero-order chi connectivity index (χ0) is 15.6. The van der Waals surface area contributed by atoms with Crippen LogP contribution in [0.4, 0.5) is 4.11 Å². The van der Waals surface area contributed by atoms with Crippen molar-refractivity contribution in [2.45, 2.75) is 79.3 Å². The number of nitrogens with zero attached hydrogens (tertiary/aromatic N) is 1. The Morgan fingerprint density at radius 3 is 1.42 bits per heavy atom. The molecule has 0 aromatic carbocycles. The molecular formula is C15H33FN2Si. The number of nitrogens with one attached hydrogen (secondary N) is 1. The Balaban J connectivity index is 5.45. The van der Waals surface area contributed by atoms with Gasteiger partial charge in [0, 0.05) is 15.8 Å². The summed E-state index contributed by atoms with van der Waals surface area (Å²) in [5, 5.41) is 6.69. The first-order valence-electron chi connectivity index (χ1n) is 7.27. The van der Waals surface area contributed by atoms with Crippen molar-refractivity contribution in [2.75, 3.05) is 0 Å². The second-order valence-electron chi connectivity index (χ2n) is 8.12. The van der Waals surface area contributed by atoms with Gasteiger partial charge in [0.25, 0.3) is 0 Å². The zero-order valence-corrected chi connectivity index (χ0v) is 15.5. The molecule has 0 heterocycles. The molecule has 0 saturated carbocycles. The number of hydrazone groups is 1. The molecule has 0 unspecified atom stereocenters. The predicted molar refractivity (Wildman–Crippen MR) is 86.5 cm³/mol. The van der Waals surface area contributed by atoms with E-state index < -0.39 is 18.6 Å². The summed E-state index contributed by atoms with van der Waals surface area (Å²) in [5.41, 5.74) is 1.04. The third-order valence-corrected chi connectivity index (χ3v) is 8.14. The van der Waals surface area contributed by atoms with Gasteiger partial charge in [-0.05, 0) is 11.8 Å². The van der Waals surface area contributed by atoms with Crippen LogP contribution in [0.2, 0.25) is 10.1 Å². The summed E-state index contributed by atoms with van der Waals surface area (Å²) < 4.78 is 15.6. The molecule has 0 aromatic rings. The van der Waals surface area contributed by atoms with Crippen LogP contribution in [0.25, 0.3) is 0 Å². The summed E-state index contributed by atoms with van der Waals surface area (Å²) in [6.07, 6.45) is 0. The lowest BCUT2D eigenvalue weighted by Crippen LogP contribution is -2.58. The minimum atomic E-state index is -3.24. The number of rotatable bonds is 4. The third-order valence-electron chi connectivity index (χ3n) is 3.59. The minimum absolute atomic E-state index is 0.339. The van der Waals surface area contributed by atoms with Crippen LogP contribution in [0.15, 0.2) is 5.10 Å². The van der Waals surface area contributed by atoms with Gasteiger partial charge in [0.15, 0.2) is 0 Å². The Morgan fingerprint density at radius 1 is 0.895 bits per heavy atom. The molecule has 0 spiro atoms. The van der Waals surface area contributed by atoms with Gasteiger partial charge in [-0.2, -0.15) is 5.10 Å². The molecule has 114 valence electrons. The summed E-state index contributed by atoms with van der Waals surface area (Å²) in [6.45, 7) is 20.2. The van der Waals surface area contributed by atoms with Crippen LogP contribution in [0.3, 0.4) is 0 Å². The van der Waals surface area contributed by atoms with Gasteiger partial charge in [0.05, 0.1) is 0 Å². The summed E-state index contributed by atoms with van der Waals surface area (Å²) in [6, 6.07) is 0. The highest BCUT2D eigenvalue weighted by atomic mass is 28.4. The molecule has 0 amide bonds. The summed E-state index contributed by atoms with van der Waals surface area (Å²) in [5.74, 6) is 0.677. The van der Waals surface area contributed by atoms with Crippen molar-refractivity contribution >= 4 is 14.3 Å². The number of halogens is 1. The van der Waals surface area contributed by atoms with E-state index in [-0.39, 0.29) is 0 Å². The molecule has 0 aromatic heterocycles. The molecule has 1 N–H and O–H groups in total.